The number of hydrogen-bond donors (Lipinski definition) is 1. The Bertz CT molecular complexity index is 625. The number of aliphatic hydroxyl groups excluding tert-OH is 1. The molecule has 2 aromatic carbocycles. The van der Waals surface area contributed by atoms with Gasteiger partial charge in [0.1, 0.15) is 0 Å². The summed E-state index contributed by atoms with van der Waals surface area (Å²) in [5.41, 5.74) is 6.22. The lowest BCUT2D eigenvalue weighted by molar-refractivity contribution is 0.178. The zero-order chi connectivity index (χ0) is 14.8. The average Bonchev–Trinajstić information content (AvgIpc) is 2.41. The monoisotopic (exact) mass is 280 g/mol. The molecule has 1 nitrogen and oxygen atoms in total. The lowest BCUT2D eigenvalue weighted by Gasteiger charge is -2.26. The fourth-order valence-corrected chi connectivity index (χ4v) is 3.11. The molecule has 0 aromatic heterocycles. The summed E-state index contributed by atoms with van der Waals surface area (Å²) in [7, 11) is 0. The maximum absolute atomic E-state index is 10.6. The van der Waals surface area contributed by atoms with Crippen LogP contribution in [0.5, 0.6) is 0 Å². The van der Waals surface area contributed by atoms with E-state index < -0.39 is 6.10 Å². The van der Waals surface area contributed by atoms with E-state index in [1.165, 1.54) is 41.5 Å². The van der Waals surface area contributed by atoms with Crippen LogP contribution in [0.4, 0.5) is 0 Å². The number of benzene rings is 2. The van der Waals surface area contributed by atoms with Crippen molar-refractivity contribution in [1.29, 1.82) is 0 Å². The molecule has 0 saturated heterocycles. The van der Waals surface area contributed by atoms with E-state index in [1.54, 1.807) is 0 Å². The highest BCUT2D eigenvalue weighted by Gasteiger charge is 2.20. The molecule has 0 amide bonds. The quantitative estimate of drug-likeness (QED) is 0.849. The highest BCUT2D eigenvalue weighted by molar-refractivity contribution is 5.34. The molecular weight excluding hydrogens is 256 g/mol. The largest absolute Gasteiger partial charge is 0.388 e. The fraction of sp³-hybridized carbons (Fsp3) is 0.400. The second-order valence-electron chi connectivity index (χ2n) is 6.45. The van der Waals surface area contributed by atoms with Gasteiger partial charge in [0.2, 0.25) is 0 Å². The van der Waals surface area contributed by atoms with E-state index in [4.69, 9.17) is 0 Å². The molecule has 0 spiro atoms. The van der Waals surface area contributed by atoms with Gasteiger partial charge in [-0.15, -0.1) is 0 Å². The SMILES string of the molecule is Cc1ccc(C)c(CC(O)c2cccc(C3CCC3)c2)c1. The molecule has 2 aromatic rings. The highest BCUT2D eigenvalue weighted by Crippen LogP contribution is 2.37. The Labute approximate surface area is 127 Å². The molecule has 1 aliphatic rings. The van der Waals surface area contributed by atoms with Gasteiger partial charge in [-0.2, -0.15) is 0 Å². The van der Waals surface area contributed by atoms with Crippen LogP contribution < -0.4 is 0 Å². The van der Waals surface area contributed by atoms with Gasteiger partial charge in [0.05, 0.1) is 6.10 Å². The molecule has 110 valence electrons. The molecule has 1 unspecified atom stereocenters. The molecule has 0 radical (unpaired) electrons. The van der Waals surface area contributed by atoms with E-state index in [0.29, 0.717) is 6.42 Å². The molecule has 1 aliphatic carbocycles. The molecule has 0 bridgehead atoms. The van der Waals surface area contributed by atoms with Crippen molar-refractivity contribution in [3.05, 3.63) is 70.3 Å². The summed E-state index contributed by atoms with van der Waals surface area (Å²) in [5.74, 6) is 0.720. The van der Waals surface area contributed by atoms with E-state index in [-0.39, 0.29) is 0 Å². The third-order valence-electron chi connectivity index (χ3n) is 4.79. The zero-order valence-corrected chi connectivity index (χ0v) is 13.0. The molecule has 1 atom stereocenters. The first-order valence-electron chi connectivity index (χ1n) is 7.97. The van der Waals surface area contributed by atoms with Crippen LogP contribution in [-0.2, 0) is 6.42 Å². The van der Waals surface area contributed by atoms with Crippen LogP contribution in [0.25, 0.3) is 0 Å². The molecule has 0 aliphatic heterocycles. The summed E-state index contributed by atoms with van der Waals surface area (Å²) in [6, 6.07) is 15.0. The predicted molar refractivity (Wildman–Crippen MR) is 87.6 cm³/mol. The van der Waals surface area contributed by atoms with Gasteiger partial charge in [-0.3, -0.25) is 0 Å². The smallest absolute Gasteiger partial charge is 0.0830 e. The van der Waals surface area contributed by atoms with Gasteiger partial charge in [0.25, 0.3) is 0 Å². The third-order valence-corrected chi connectivity index (χ3v) is 4.79. The molecule has 1 fully saturated rings. The Hall–Kier alpha value is -1.60. The van der Waals surface area contributed by atoms with Crippen LogP contribution >= 0.6 is 0 Å². The minimum absolute atomic E-state index is 0.412. The van der Waals surface area contributed by atoms with Gasteiger partial charge < -0.3 is 5.11 Å². The Morgan fingerprint density at radius 2 is 1.90 bits per heavy atom. The summed E-state index contributed by atoms with van der Waals surface area (Å²) in [6.07, 6.45) is 4.24. The van der Waals surface area contributed by atoms with Gasteiger partial charge >= 0.3 is 0 Å². The van der Waals surface area contributed by atoms with Gasteiger partial charge in [-0.05, 0) is 54.9 Å². The molecular formula is C20H24O. The van der Waals surface area contributed by atoms with Crippen LogP contribution in [0.1, 0.15) is 59.1 Å². The Kier molecular flexibility index (Phi) is 4.12. The average molecular weight is 280 g/mol. The van der Waals surface area contributed by atoms with Crippen LogP contribution in [-0.4, -0.2) is 5.11 Å². The van der Waals surface area contributed by atoms with E-state index in [0.717, 1.165) is 11.5 Å². The minimum atomic E-state index is -0.412. The fourth-order valence-electron chi connectivity index (χ4n) is 3.11. The Morgan fingerprint density at radius 1 is 1.10 bits per heavy atom. The normalized spacial score (nSPS) is 16.5. The molecule has 1 heteroatoms. The van der Waals surface area contributed by atoms with Crippen molar-refractivity contribution in [2.45, 2.75) is 51.6 Å². The second-order valence-corrected chi connectivity index (χ2v) is 6.45. The van der Waals surface area contributed by atoms with Crippen molar-refractivity contribution < 1.29 is 5.11 Å². The van der Waals surface area contributed by atoms with Gasteiger partial charge in [0, 0.05) is 6.42 Å². The van der Waals surface area contributed by atoms with Gasteiger partial charge in [-0.1, -0.05) is 54.4 Å². The van der Waals surface area contributed by atoms with E-state index in [1.807, 2.05) is 0 Å². The number of aryl methyl sites for hydroxylation is 2. The van der Waals surface area contributed by atoms with Crippen LogP contribution in [0.3, 0.4) is 0 Å². The van der Waals surface area contributed by atoms with Crippen LogP contribution in [0, 0.1) is 13.8 Å². The topological polar surface area (TPSA) is 20.2 Å². The summed E-state index contributed by atoms with van der Waals surface area (Å²) in [6.45, 7) is 4.22. The molecule has 0 heterocycles. The van der Waals surface area contributed by atoms with Gasteiger partial charge in [-0.25, -0.2) is 0 Å². The zero-order valence-electron chi connectivity index (χ0n) is 13.0. The molecule has 3 rings (SSSR count). The van der Waals surface area contributed by atoms with E-state index in [9.17, 15) is 5.11 Å². The van der Waals surface area contributed by atoms with Crippen molar-refractivity contribution in [2.24, 2.45) is 0 Å². The lowest BCUT2D eigenvalue weighted by atomic mass is 9.79. The molecule has 1 saturated carbocycles. The van der Waals surface area contributed by atoms with Crippen molar-refractivity contribution in [3.63, 3.8) is 0 Å². The first-order chi connectivity index (χ1) is 10.1. The maximum atomic E-state index is 10.6. The van der Waals surface area contributed by atoms with E-state index in [2.05, 4.69) is 56.3 Å². The first-order valence-corrected chi connectivity index (χ1v) is 7.97. The van der Waals surface area contributed by atoms with Crippen molar-refractivity contribution in [2.75, 3.05) is 0 Å². The van der Waals surface area contributed by atoms with Crippen molar-refractivity contribution in [1.82, 2.24) is 0 Å². The van der Waals surface area contributed by atoms with Crippen molar-refractivity contribution in [3.8, 4) is 0 Å². The minimum Gasteiger partial charge on any atom is -0.388 e. The lowest BCUT2D eigenvalue weighted by Crippen LogP contribution is -2.10. The Morgan fingerprint density at radius 3 is 2.62 bits per heavy atom. The second kappa shape index (κ2) is 6.03. The first kappa shape index (κ1) is 14.3. The number of hydrogen-bond acceptors (Lipinski definition) is 1. The maximum Gasteiger partial charge on any atom is 0.0830 e. The van der Waals surface area contributed by atoms with Crippen molar-refractivity contribution >= 4 is 0 Å². The summed E-state index contributed by atoms with van der Waals surface area (Å²) >= 11 is 0. The van der Waals surface area contributed by atoms with E-state index >= 15 is 0 Å². The summed E-state index contributed by atoms with van der Waals surface area (Å²) < 4.78 is 0. The summed E-state index contributed by atoms with van der Waals surface area (Å²) in [5, 5.41) is 10.6. The van der Waals surface area contributed by atoms with Crippen LogP contribution in [0.2, 0.25) is 0 Å². The molecule has 1 N–H and O–H groups in total. The number of aliphatic hydroxyl groups is 1. The summed E-state index contributed by atoms with van der Waals surface area (Å²) in [4.78, 5) is 0. The Balaban J connectivity index is 1.78. The predicted octanol–water partition coefficient (Wildman–Crippen LogP) is 4.85. The molecule has 21 heavy (non-hydrogen) atoms. The standard InChI is InChI=1S/C20H24O/c1-14-9-10-15(2)19(11-14)13-20(21)18-8-4-7-17(12-18)16-5-3-6-16/h4,7-12,16,20-21H,3,5-6,13H2,1-2H3. The van der Waals surface area contributed by atoms with Gasteiger partial charge in [0.15, 0.2) is 0 Å². The van der Waals surface area contributed by atoms with Crippen LogP contribution in [0.15, 0.2) is 42.5 Å². The highest BCUT2D eigenvalue weighted by atomic mass is 16.3. The number of rotatable bonds is 4. The third kappa shape index (κ3) is 3.19.